The Balaban J connectivity index is 2.37. The number of aliphatic hydroxyl groups excluding tert-OH is 1. The number of hydrogen-bond acceptors (Lipinski definition) is 3. The van der Waals surface area contributed by atoms with E-state index >= 15 is 0 Å². The van der Waals surface area contributed by atoms with E-state index in [0.29, 0.717) is 0 Å². The van der Waals surface area contributed by atoms with Gasteiger partial charge in [-0.1, -0.05) is 26.7 Å². The van der Waals surface area contributed by atoms with Crippen LogP contribution in [-0.2, 0) is 0 Å². The second kappa shape index (κ2) is 8.93. The van der Waals surface area contributed by atoms with Crippen LogP contribution in [0.5, 0.6) is 0 Å². The Kier molecular flexibility index (Phi) is 7.96. The van der Waals surface area contributed by atoms with Crippen molar-refractivity contribution in [2.24, 2.45) is 0 Å². The van der Waals surface area contributed by atoms with E-state index in [1.54, 1.807) is 0 Å². The molecule has 19 heavy (non-hydrogen) atoms. The summed E-state index contributed by atoms with van der Waals surface area (Å²) in [5, 5.41) is 12.9. The van der Waals surface area contributed by atoms with Gasteiger partial charge < -0.3 is 15.3 Å². The quantitative estimate of drug-likeness (QED) is 0.676. The monoisotopic (exact) mass is 270 g/mol. The molecule has 0 saturated carbocycles. The van der Waals surface area contributed by atoms with Crippen LogP contribution in [0.2, 0.25) is 0 Å². The lowest BCUT2D eigenvalue weighted by atomic mass is 9.90. The van der Waals surface area contributed by atoms with Crippen LogP contribution in [0.1, 0.15) is 65.2 Å². The molecule has 0 radical (unpaired) electrons. The first kappa shape index (κ1) is 16.9. The molecule has 2 N–H and O–H groups in total. The predicted molar refractivity (Wildman–Crippen MR) is 82.5 cm³/mol. The summed E-state index contributed by atoms with van der Waals surface area (Å²) in [6, 6.07) is 0.818. The number of rotatable bonds is 9. The van der Waals surface area contributed by atoms with Gasteiger partial charge >= 0.3 is 0 Å². The number of aliphatic hydroxyl groups is 1. The van der Waals surface area contributed by atoms with Crippen molar-refractivity contribution in [1.82, 2.24) is 10.2 Å². The second-order valence-electron chi connectivity index (χ2n) is 6.12. The van der Waals surface area contributed by atoms with Gasteiger partial charge in [0.1, 0.15) is 0 Å². The highest BCUT2D eigenvalue weighted by atomic mass is 16.3. The maximum Gasteiger partial charge on any atom is 0.0613 e. The third kappa shape index (κ3) is 5.05. The fourth-order valence-corrected chi connectivity index (χ4v) is 3.38. The fourth-order valence-electron chi connectivity index (χ4n) is 3.38. The molecular formula is C16H34N2O. The molecule has 3 heteroatoms. The van der Waals surface area contributed by atoms with Gasteiger partial charge in [0.05, 0.1) is 6.61 Å². The van der Waals surface area contributed by atoms with Crippen molar-refractivity contribution in [3.05, 3.63) is 0 Å². The number of nitrogens with zero attached hydrogens (tertiary/aromatic N) is 1. The first-order valence-corrected chi connectivity index (χ1v) is 8.25. The van der Waals surface area contributed by atoms with Crippen molar-refractivity contribution in [2.45, 2.75) is 76.8 Å². The summed E-state index contributed by atoms with van der Waals surface area (Å²) >= 11 is 0. The molecule has 1 saturated heterocycles. The first-order valence-electron chi connectivity index (χ1n) is 8.25. The fraction of sp³-hybridized carbons (Fsp3) is 1.00. The van der Waals surface area contributed by atoms with Crippen LogP contribution in [0, 0.1) is 0 Å². The Labute approximate surface area is 119 Å². The van der Waals surface area contributed by atoms with Crippen LogP contribution >= 0.6 is 0 Å². The molecule has 1 aliphatic rings. The van der Waals surface area contributed by atoms with Crippen molar-refractivity contribution in [3.8, 4) is 0 Å². The average molecular weight is 270 g/mol. The molecule has 0 bridgehead atoms. The van der Waals surface area contributed by atoms with Crippen LogP contribution in [0.3, 0.4) is 0 Å². The van der Waals surface area contributed by atoms with Crippen molar-refractivity contribution < 1.29 is 5.11 Å². The number of likely N-dealkylation sites (N-methyl/N-ethyl adjacent to an activating group) is 1. The Morgan fingerprint density at radius 1 is 1.32 bits per heavy atom. The molecule has 0 aromatic rings. The van der Waals surface area contributed by atoms with E-state index < -0.39 is 0 Å². The van der Waals surface area contributed by atoms with Crippen LogP contribution in [0.15, 0.2) is 0 Å². The van der Waals surface area contributed by atoms with Gasteiger partial charge in [-0.3, -0.25) is 0 Å². The zero-order valence-corrected chi connectivity index (χ0v) is 13.2. The topological polar surface area (TPSA) is 35.5 Å². The van der Waals surface area contributed by atoms with Crippen LogP contribution < -0.4 is 5.32 Å². The summed E-state index contributed by atoms with van der Waals surface area (Å²) in [5.41, 5.74) is -0.0595. The Morgan fingerprint density at radius 2 is 2.11 bits per heavy atom. The minimum absolute atomic E-state index is 0.0595. The van der Waals surface area contributed by atoms with Crippen LogP contribution in [-0.4, -0.2) is 48.3 Å². The van der Waals surface area contributed by atoms with Gasteiger partial charge in [-0.15, -0.1) is 0 Å². The maximum absolute atomic E-state index is 9.57. The van der Waals surface area contributed by atoms with Gasteiger partial charge in [0.15, 0.2) is 0 Å². The molecule has 1 aliphatic heterocycles. The molecule has 2 atom stereocenters. The Hall–Kier alpha value is -0.120. The lowest BCUT2D eigenvalue weighted by molar-refractivity contribution is 0.117. The van der Waals surface area contributed by atoms with Gasteiger partial charge in [0.25, 0.3) is 0 Å². The van der Waals surface area contributed by atoms with E-state index in [-0.39, 0.29) is 12.1 Å². The predicted octanol–water partition coefficient (Wildman–Crippen LogP) is 2.78. The molecule has 0 aromatic carbocycles. The summed E-state index contributed by atoms with van der Waals surface area (Å²) in [7, 11) is 1.97. The van der Waals surface area contributed by atoms with E-state index in [1.165, 1.54) is 51.6 Å². The third-order valence-corrected chi connectivity index (χ3v) is 4.98. The number of likely N-dealkylation sites (tertiary alicyclic amines) is 1. The highest BCUT2D eigenvalue weighted by Crippen LogP contribution is 2.23. The number of piperidine rings is 1. The van der Waals surface area contributed by atoms with Gasteiger partial charge in [-0.05, 0) is 58.7 Å². The lowest BCUT2D eigenvalue weighted by Gasteiger charge is -2.37. The summed E-state index contributed by atoms with van der Waals surface area (Å²) < 4.78 is 0. The molecule has 3 nitrogen and oxygen atoms in total. The highest BCUT2D eigenvalue weighted by Gasteiger charge is 2.26. The number of nitrogens with one attached hydrogen (secondary N) is 1. The summed E-state index contributed by atoms with van der Waals surface area (Å²) in [5.74, 6) is 0. The minimum Gasteiger partial charge on any atom is -0.394 e. The smallest absolute Gasteiger partial charge is 0.0613 e. The van der Waals surface area contributed by atoms with E-state index in [4.69, 9.17) is 0 Å². The zero-order valence-electron chi connectivity index (χ0n) is 13.2. The van der Waals surface area contributed by atoms with E-state index in [1.807, 2.05) is 7.05 Å². The summed E-state index contributed by atoms with van der Waals surface area (Å²) in [6.07, 6.45) is 10.1. The molecule has 0 amide bonds. The SMILES string of the molecule is CCCC1CCCCN1CCCC(CC)(CO)NC. The van der Waals surface area contributed by atoms with Gasteiger partial charge in [0, 0.05) is 11.6 Å². The van der Waals surface area contributed by atoms with Gasteiger partial charge in [-0.25, -0.2) is 0 Å². The van der Waals surface area contributed by atoms with Crippen molar-refractivity contribution >= 4 is 0 Å². The molecular weight excluding hydrogens is 236 g/mol. The summed E-state index contributed by atoms with van der Waals surface area (Å²) in [6.45, 7) is 7.18. The summed E-state index contributed by atoms with van der Waals surface area (Å²) in [4.78, 5) is 2.69. The molecule has 114 valence electrons. The molecule has 1 fully saturated rings. The largest absolute Gasteiger partial charge is 0.394 e. The molecule has 2 unspecified atom stereocenters. The van der Waals surface area contributed by atoms with Crippen LogP contribution in [0.25, 0.3) is 0 Å². The van der Waals surface area contributed by atoms with Crippen molar-refractivity contribution in [1.29, 1.82) is 0 Å². The van der Waals surface area contributed by atoms with Crippen molar-refractivity contribution in [2.75, 3.05) is 26.7 Å². The lowest BCUT2D eigenvalue weighted by Crippen LogP contribution is -2.47. The molecule has 1 rings (SSSR count). The second-order valence-corrected chi connectivity index (χ2v) is 6.12. The van der Waals surface area contributed by atoms with Crippen molar-refractivity contribution in [3.63, 3.8) is 0 Å². The maximum atomic E-state index is 9.57. The first-order chi connectivity index (χ1) is 9.21. The Morgan fingerprint density at radius 3 is 2.68 bits per heavy atom. The highest BCUT2D eigenvalue weighted by molar-refractivity contribution is 4.85. The molecule has 0 aliphatic carbocycles. The average Bonchev–Trinajstić information content (AvgIpc) is 2.46. The Bertz CT molecular complexity index is 219. The zero-order chi connectivity index (χ0) is 14.1. The number of hydrogen-bond donors (Lipinski definition) is 2. The van der Waals surface area contributed by atoms with E-state index in [9.17, 15) is 5.11 Å². The van der Waals surface area contributed by atoms with E-state index in [0.717, 1.165) is 18.9 Å². The minimum atomic E-state index is -0.0595. The molecule has 0 aromatic heterocycles. The molecule has 1 heterocycles. The third-order valence-electron chi connectivity index (χ3n) is 4.98. The standard InChI is InChI=1S/C16H34N2O/c1-4-9-15-10-6-7-12-18(15)13-8-11-16(5-2,14-19)17-3/h15,17,19H,4-14H2,1-3H3. The van der Waals surface area contributed by atoms with Gasteiger partial charge in [0.2, 0.25) is 0 Å². The van der Waals surface area contributed by atoms with Gasteiger partial charge in [-0.2, -0.15) is 0 Å². The normalized spacial score (nSPS) is 24.3. The van der Waals surface area contributed by atoms with Crippen LogP contribution in [0.4, 0.5) is 0 Å². The van der Waals surface area contributed by atoms with E-state index in [2.05, 4.69) is 24.1 Å². The molecule has 0 spiro atoms.